The number of nitrogens with zero attached hydrogens (tertiary/aromatic N) is 1. The van der Waals surface area contributed by atoms with Crippen molar-refractivity contribution in [2.75, 3.05) is 5.73 Å². The molecule has 0 saturated carbocycles. The highest BCUT2D eigenvalue weighted by Crippen LogP contribution is 2.14. The van der Waals surface area contributed by atoms with Crippen molar-refractivity contribution in [1.29, 1.82) is 0 Å². The minimum Gasteiger partial charge on any atom is -0.399 e. The Hall–Kier alpha value is -2.35. The molecule has 1 heterocycles. The van der Waals surface area contributed by atoms with Crippen molar-refractivity contribution >= 4 is 21.6 Å². The second-order valence-corrected chi connectivity index (χ2v) is 10.7. The Morgan fingerprint density at radius 1 is 0.829 bits per heavy atom. The van der Waals surface area contributed by atoms with Gasteiger partial charge >= 0.3 is 0 Å². The molecular formula is C27H45N3O4S. The molecule has 0 unspecified atom stereocenters. The molecule has 1 aromatic heterocycles. The third-order valence-corrected chi connectivity index (χ3v) is 7.18. The average Bonchev–Trinajstić information content (AvgIpc) is 3.42. The van der Waals surface area contributed by atoms with Crippen LogP contribution in [-0.4, -0.2) is 19.5 Å². The van der Waals surface area contributed by atoms with Crippen LogP contribution in [-0.2, 0) is 14.8 Å². The van der Waals surface area contributed by atoms with E-state index < -0.39 is 15.9 Å². The number of nitrogens with one attached hydrogen (secondary N) is 1. The largest absolute Gasteiger partial charge is 0.399 e. The van der Waals surface area contributed by atoms with Gasteiger partial charge in [0.2, 0.25) is 5.91 Å². The zero-order valence-electron chi connectivity index (χ0n) is 21.4. The number of sulfonamides is 1. The van der Waals surface area contributed by atoms with Crippen LogP contribution < -0.4 is 10.5 Å². The molecule has 2 aromatic rings. The lowest BCUT2D eigenvalue weighted by Gasteiger charge is -2.07. The summed E-state index contributed by atoms with van der Waals surface area (Å²) in [6, 6.07) is 7.54. The first-order valence-electron chi connectivity index (χ1n) is 13.2. The third kappa shape index (κ3) is 16.8. The van der Waals surface area contributed by atoms with Crippen molar-refractivity contribution in [3.63, 3.8) is 0 Å². The summed E-state index contributed by atoms with van der Waals surface area (Å²) in [5.41, 5.74) is 6.04. The SMILES string of the molecule is CCCCCCCCCCCCCCCCCC(=O)NS(=O)(=O)c1ccc(N)cc1.c1cnoc1. The van der Waals surface area contributed by atoms with Crippen molar-refractivity contribution in [1.82, 2.24) is 9.88 Å². The van der Waals surface area contributed by atoms with E-state index in [1.807, 2.05) is 0 Å². The van der Waals surface area contributed by atoms with Gasteiger partial charge < -0.3 is 10.3 Å². The lowest BCUT2D eigenvalue weighted by Crippen LogP contribution is -2.30. The molecule has 0 saturated heterocycles. The standard InChI is InChI=1S/C24H42N2O3S.C3H3NO/c1-2-3-4-5-6-7-8-9-10-11-12-13-14-15-16-17-24(27)26-30(28,29)23-20-18-22(25)19-21-23;1-2-4-5-3-1/h18-21H,2-17,25H2,1H3,(H,26,27);1-3H. The summed E-state index contributed by atoms with van der Waals surface area (Å²) in [7, 11) is -3.80. The Labute approximate surface area is 212 Å². The topological polar surface area (TPSA) is 115 Å². The normalized spacial score (nSPS) is 11.0. The van der Waals surface area contributed by atoms with Crippen molar-refractivity contribution in [2.45, 2.75) is 115 Å². The molecule has 35 heavy (non-hydrogen) atoms. The minimum atomic E-state index is -3.80. The van der Waals surface area contributed by atoms with Gasteiger partial charge in [-0.1, -0.05) is 102 Å². The van der Waals surface area contributed by atoms with Gasteiger partial charge in [-0.15, -0.1) is 0 Å². The molecule has 0 spiro atoms. The Bertz CT molecular complexity index is 836. The molecule has 198 valence electrons. The van der Waals surface area contributed by atoms with E-state index in [2.05, 4.69) is 21.3 Å². The summed E-state index contributed by atoms with van der Waals surface area (Å²) in [6.45, 7) is 2.26. The van der Waals surface area contributed by atoms with E-state index in [-0.39, 0.29) is 11.3 Å². The smallest absolute Gasteiger partial charge is 0.264 e. The molecule has 8 heteroatoms. The molecule has 7 nitrogen and oxygen atoms in total. The number of nitrogen functional groups attached to an aromatic ring is 1. The Kier molecular flexibility index (Phi) is 17.4. The van der Waals surface area contributed by atoms with Gasteiger partial charge in [0.25, 0.3) is 10.0 Å². The zero-order chi connectivity index (χ0) is 25.6. The van der Waals surface area contributed by atoms with Gasteiger partial charge in [-0.3, -0.25) is 4.79 Å². The molecule has 3 N–H and O–H groups in total. The van der Waals surface area contributed by atoms with Crippen molar-refractivity contribution in [3.8, 4) is 0 Å². The van der Waals surface area contributed by atoms with Gasteiger partial charge in [0.1, 0.15) is 6.26 Å². The molecule has 0 aliphatic rings. The number of carbonyl (C=O) groups is 1. The monoisotopic (exact) mass is 507 g/mol. The van der Waals surface area contributed by atoms with Gasteiger partial charge in [0, 0.05) is 12.1 Å². The van der Waals surface area contributed by atoms with Crippen molar-refractivity contribution in [2.24, 2.45) is 0 Å². The van der Waals surface area contributed by atoms with Crippen LogP contribution in [0.5, 0.6) is 0 Å². The summed E-state index contributed by atoms with van der Waals surface area (Å²) in [5.74, 6) is -0.443. The quantitative estimate of drug-likeness (QED) is 0.166. The maximum atomic E-state index is 12.1. The van der Waals surface area contributed by atoms with Gasteiger partial charge in [-0.05, 0) is 36.8 Å². The van der Waals surface area contributed by atoms with E-state index in [0.29, 0.717) is 5.69 Å². The summed E-state index contributed by atoms with van der Waals surface area (Å²) in [5, 5.41) is 3.35. The van der Waals surface area contributed by atoms with Crippen LogP contribution in [0.25, 0.3) is 0 Å². The number of carbonyl (C=O) groups excluding carboxylic acids is 1. The number of nitrogens with two attached hydrogens (primary N) is 1. The Morgan fingerprint density at radius 2 is 1.31 bits per heavy atom. The van der Waals surface area contributed by atoms with E-state index in [0.717, 1.165) is 19.3 Å². The predicted octanol–water partition coefficient (Wildman–Crippen LogP) is 7.01. The van der Waals surface area contributed by atoms with E-state index in [9.17, 15) is 13.2 Å². The first kappa shape index (κ1) is 30.7. The average molecular weight is 508 g/mol. The second-order valence-electron chi connectivity index (χ2n) is 8.99. The van der Waals surface area contributed by atoms with E-state index in [1.54, 1.807) is 12.3 Å². The minimum absolute atomic E-state index is 0.0570. The molecule has 1 amide bonds. The van der Waals surface area contributed by atoms with Crippen LogP contribution in [0.4, 0.5) is 5.69 Å². The van der Waals surface area contributed by atoms with Crippen LogP contribution in [0.15, 0.2) is 52.2 Å². The fraction of sp³-hybridized carbons (Fsp3) is 0.630. The summed E-state index contributed by atoms with van der Waals surface area (Å²) in [6.07, 6.45) is 22.2. The molecule has 0 aliphatic heterocycles. The number of amides is 1. The number of benzene rings is 1. The highest BCUT2D eigenvalue weighted by molar-refractivity contribution is 7.90. The van der Waals surface area contributed by atoms with E-state index >= 15 is 0 Å². The fourth-order valence-corrected chi connectivity index (χ4v) is 4.75. The van der Waals surface area contributed by atoms with Crippen LogP contribution >= 0.6 is 0 Å². The zero-order valence-corrected chi connectivity index (χ0v) is 22.2. The maximum absolute atomic E-state index is 12.1. The van der Waals surface area contributed by atoms with Crippen LogP contribution in [0.3, 0.4) is 0 Å². The molecular weight excluding hydrogens is 462 g/mol. The first-order valence-corrected chi connectivity index (χ1v) is 14.7. The molecule has 0 bridgehead atoms. The number of anilines is 1. The molecule has 1 aromatic carbocycles. The first-order chi connectivity index (χ1) is 17.0. The van der Waals surface area contributed by atoms with E-state index in [1.165, 1.54) is 108 Å². The van der Waals surface area contributed by atoms with Gasteiger partial charge in [0.15, 0.2) is 0 Å². The van der Waals surface area contributed by atoms with Crippen LogP contribution in [0.2, 0.25) is 0 Å². The predicted molar refractivity (Wildman–Crippen MR) is 142 cm³/mol. The highest BCUT2D eigenvalue weighted by atomic mass is 32.2. The van der Waals surface area contributed by atoms with Crippen molar-refractivity contribution < 1.29 is 17.7 Å². The molecule has 0 atom stereocenters. The molecule has 0 radical (unpaired) electrons. The van der Waals surface area contributed by atoms with Gasteiger partial charge in [-0.2, -0.15) is 0 Å². The molecule has 2 rings (SSSR count). The van der Waals surface area contributed by atoms with Gasteiger partial charge in [-0.25, -0.2) is 13.1 Å². The maximum Gasteiger partial charge on any atom is 0.264 e. The molecule has 0 fully saturated rings. The Morgan fingerprint density at radius 3 is 1.71 bits per heavy atom. The lowest BCUT2D eigenvalue weighted by molar-refractivity contribution is -0.119. The lowest BCUT2D eigenvalue weighted by atomic mass is 10.0. The molecule has 0 aliphatic carbocycles. The highest BCUT2D eigenvalue weighted by Gasteiger charge is 2.16. The van der Waals surface area contributed by atoms with Crippen LogP contribution in [0, 0.1) is 0 Å². The fourth-order valence-electron chi connectivity index (χ4n) is 3.74. The summed E-state index contributed by atoms with van der Waals surface area (Å²) in [4.78, 5) is 12.0. The second kappa shape index (κ2) is 19.9. The number of hydrogen-bond donors (Lipinski definition) is 2. The Balaban J connectivity index is 0.00000108. The number of unbranched alkanes of at least 4 members (excludes halogenated alkanes) is 14. The van der Waals surface area contributed by atoms with E-state index in [4.69, 9.17) is 5.73 Å². The van der Waals surface area contributed by atoms with Crippen LogP contribution in [0.1, 0.15) is 110 Å². The summed E-state index contributed by atoms with van der Waals surface area (Å²) < 4.78 is 30.8. The van der Waals surface area contributed by atoms with Crippen molar-refractivity contribution in [3.05, 3.63) is 42.8 Å². The number of hydrogen-bond acceptors (Lipinski definition) is 6. The summed E-state index contributed by atoms with van der Waals surface area (Å²) >= 11 is 0. The third-order valence-electron chi connectivity index (χ3n) is 5.79. The number of aromatic nitrogens is 1. The van der Waals surface area contributed by atoms with Gasteiger partial charge in [0.05, 0.1) is 11.1 Å². The number of rotatable bonds is 18.